The number of H-pyrrole nitrogens is 1. The number of imidazole rings is 1. The fraction of sp³-hybridized carbons (Fsp3) is 0.654. The maximum Gasteiger partial charge on any atom is 0.192 e. The molecule has 0 radical (unpaired) electrons. The van der Waals surface area contributed by atoms with E-state index >= 15 is 0 Å². The average molecular weight is 468 g/mol. The van der Waals surface area contributed by atoms with Crippen LogP contribution >= 0.6 is 0 Å². The summed E-state index contributed by atoms with van der Waals surface area (Å²) in [4.78, 5) is 39.3. The van der Waals surface area contributed by atoms with Crippen molar-refractivity contribution in [1.29, 1.82) is 0 Å². The van der Waals surface area contributed by atoms with E-state index < -0.39 is 23.7 Å². The van der Waals surface area contributed by atoms with Crippen molar-refractivity contribution < 1.29 is 24.6 Å². The summed E-state index contributed by atoms with van der Waals surface area (Å²) in [7, 11) is 0. The van der Waals surface area contributed by atoms with Crippen LogP contribution in [0.4, 0.5) is 0 Å². The van der Waals surface area contributed by atoms with Crippen LogP contribution in [0, 0.1) is 34.5 Å². The molecular formula is C26H33N3O5. The van der Waals surface area contributed by atoms with Gasteiger partial charge in [-0.3, -0.25) is 14.4 Å². The smallest absolute Gasteiger partial charge is 0.192 e. The summed E-state index contributed by atoms with van der Waals surface area (Å²) >= 11 is 0. The molecule has 1 aliphatic heterocycles. The highest BCUT2D eigenvalue weighted by Gasteiger charge is 2.75. The van der Waals surface area contributed by atoms with Crippen molar-refractivity contribution in [1.82, 2.24) is 15.0 Å². The largest absolute Gasteiger partial charge is 0.393 e. The third-order valence-corrected chi connectivity index (χ3v) is 10.00. The number of aliphatic hydroxyl groups is 2. The van der Waals surface area contributed by atoms with Gasteiger partial charge in [-0.15, -0.1) is 0 Å². The Morgan fingerprint density at radius 2 is 2.21 bits per heavy atom. The molecule has 0 aromatic carbocycles. The van der Waals surface area contributed by atoms with E-state index in [1.807, 2.05) is 17.3 Å². The molecule has 3 N–H and O–H groups in total. The first kappa shape index (κ1) is 22.3. The fourth-order valence-corrected chi connectivity index (χ4v) is 8.71. The second-order valence-corrected chi connectivity index (χ2v) is 11.4. The fourth-order valence-electron chi connectivity index (χ4n) is 8.71. The van der Waals surface area contributed by atoms with Crippen LogP contribution in [0.2, 0.25) is 0 Å². The zero-order valence-corrected chi connectivity index (χ0v) is 19.7. The van der Waals surface area contributed by atoms with Gasteiger partial charge in [0.25, 0.3) is 0 Å². The first-order chi connectivity index (χ1) is 16.2. The molecule has 0 unspecified atom stereocenters. The first-order valence-corrected chi connectivity index (χ1v) is 12.4. The van der Waals surface area contributed by atoms with E-state index in [2.05, 4.69) is 23.8 Å². The average Bonchev–Trinajstić information content (AvgIpc) is 3.49. The van der Waals surface area contributed by atoms with Crippen LogP contribution in [-0.4, -0.2) is 61.7 Å². The monoisotopic (exact) mass is 467 g/mol. The van der Waals surface area contributed by atoms with E-state index in [0.717, 1.165) is 30.5 Å². The van der Waals surface area contributed by atoms with Gasteiger partial charge < -0.3 is 15.2 Å². The van der Waals surface area contributed by atoms with Gasteiger partial charge in [0.05, 0.1) is 24.7 Å². The second kappa shape index (κ2) is 7.43. The molecule has 5 aliphatic rings. The Morgan fingerprint density at radius 3 is 2.94 bits per heavy atom. The SMILES string of the molecule is C[C@]12C=CC(=O)C=C1CC[C@@H]1[C@@H]2[C@@H](O)C[C@@]2(C)[C@H]1C[C@H]1CN(Cc3c[nH]cn3)O[C@]12C(=O)CO. The van der Waals surface area contributed by atoms with Crippen LogP contribution in [0.1, 0.15) is 45.2 Å². The third-order valence-electron chi connectivity index (χ3n) is 10.00. The van der Waals surface area contributed by atoms with Gasteiger partial charge in [0.1, 0.15) is 6.61 Å². The van der Waals surface area contributed by atoms with Crippen LogP contribution in [0.15, 0.2) is 36.3 Å². The summed E-state index contributed by atoms with van der Waals surface area (Å²) in [6, 6.07) is 0. The highest BCUT2D eigenvalue weighted by atomic mass is 16.7. The molecule has 4 aliphatic carbocycles. The van der Waals surface area contributed by atoms with E-state index in [9.17, 15) is 19.8 Å². The van der Waals surface area contributed by atoms with Crippen molar-refractivity contribution in [2.75, 3.05) is 13.2 Å². The number of hydrogen-bond donors (Lipinski definition) is 3. The predicted octanol–water partition coefficient (Wildman–Crippen LogP) is 1.96. The zero-order chi connectivity index (χ0) is 23.9. The van der Waals surface area contributed by atoms with E-state index in [1.165, 1.54) is 0 Å². The standard InChI is InChI=1S/C26H33N3O5/c1-24-6-5-18(31)7-15(24)3-4-19-20-8-16-11-29(12-17-10-27-14-28-17)34-26(16,22(33)13-30)25(20,2)9-21(32)23(19)24/h5-7,10,14,16,19-21,23,30,32H,3-4,8-9,11-13H2,1-2H3,(H,27,28)/t16-,19-,20-,21-,23+,24-,25-,26-/m0/s1. The van der Waals surface area contributed by atoms with E-state index in [4.69, 9.17) is 4.84 Å². The van der Waals surface area contributed by atoms with Crippen molar-refractivity contribution in [3.05, 3.63) is 42.0 Å². The number of hydroxylamine groups is 2. The number of nitrogens with zero attached hydrogens (tertiary/aromatic N) is 2. The van der Waals surface area contributed by atoms with Crippen molar-refractivity contribution in [3.63, 3.8) is 0 Å². The lowest BCUT2D eigenvalue weighted by molar-refractivity contribution is -0.254. The molecule has 1 saturated heterocycles. The minimum absolute atomic E-state index is 0.00445. The quantitative estimate of drug-likeness (QED) is 0.620. The molecule has 0 bridgehead atoms. The van der Waals surface area contributed by atoms with Crippen molar-refractivity contribution in [2.45, 2.75) is 57.8 Å². The maximum absolute atomic E-state index is 13.5. The number of aromatic nitrogens is 2. The van der Waals surface area contributed by atoms with Gasteiger partial charge >= 0.3 is 0 Å². The van der Waals surface area contributed by atoms with Crippen LogP contribution in [0.5, 0.6) is 0 Å². The summed E-state index contributed by atoms with van der Waals surface area (Å²) < 4.78 is 0. The summed E-state index contributed by atoms with van der Waals surface area (Å²) in [5.41, 5.74) is -0.148. The number of Topliss-reactive ketones (excluding diaryl/α,β-unsaturated/α-hetero) is 1. The summed E-state index contributed by atoms with van der Waals surface area (Å²) in [5.74, 6) is 0.0812. The number of fused-ring (bicyclic) bond motifs is 7. The van der Waals surface area contributed by atoms with Crippen molar-refractivity contribution in [2.24, 2.45) is 34.5 Å². The lowest BCUT2D eigenvalue weighted by Gasteiger charge is -2.59. The molecule has 8 nitrogen and oxygen atoms in total. The van der Waals surface area contributed by atoms with Crippen LogP contribution in [0.25, 0.3) is 0 Å². The number of rotatable bonds is 4. The Kier molecular flexibility index (Phi) is 4.88. The molecule has 2 heterocycles. The van der Waals surface area contributed by atoms with Crippen molar-refractivity contribution >= 4 is 11.6 Å². The van der Waals surface area contributed by atoms with Crippen LogP contribution < -0.4 is 0 Å². The molecule has 6 rings (SSSR count). The Hall–Kier alpha value is -2.13. The third kappa shape index (κ3) is 2.77. The molecule has 8 atom stereocenters. The number of allylic oxidation sites excluding steroid dienone is 4. The maximum atomic E-state index is 13.5. The number of aliphatic hydroxyl groups excluding tert-OH is 2. The molecule has 8 heteroatoms. The molecule has 182 valence electrons. The Bertz CT molecular complexity index is 1080. The molecule has 1 aromatic heterocycles. The van der Waals surface area contributed by atoms with Crippen LogP contribution in [0.3, 0.4) is 0 Å². The van der Waals surface area contributed by atoms with Crippen LogP contribution in [-0.2, 0) is 21.0 Å². The number of carbonyl (C=O) groups excluding carboxylic acids is 2. The molecule has 1 aromatic rings. The van der Waals surface area contributed by atoms with Gasteiger partial charge in [-0.25, -0.2) is 4.98 Å². The van der Waals surface area contributed by atoms with Crippen molar-refractivity contribution in [3.8, 4) is 0 Å². The first-order valence-electron chi connectivity index (χ1n) is 12.4. The van der Waals surface area contributed by atoms with Gasteiger partial charge in [-0.1, -0.05) is 25.5 Å². The predicted molar refractivity (Wildman–Crippen MR) is 122 cm³/mol. The number of carbonyl (C=O) groups is 2. The number of hydrogen-bond acceptors (Lipinski definition) is 7. The molecule has 34 heavy (non-hydrogen) atoms. The topological polar surface area (TPSA) is 116 Å². The lowest BCUT2D eigenvalue weighted by Crippen LogP contribution is -2.63. The number of aromatic amines is 1. The normalized spacial score (nSPS) is 45.4. The Balaban J connectivity index is 1.37. The molecule has 0 amide bonds. The summed E-state index contributed by atoms with van der Waals surface area (Å²) in [5, 5.41) is 23.5. The minimum Gasteiger partial charge on any atom is -0.393 e. The number of nitrogens with one attached hydrogen (secondary N) is 1. The lowest BCUT2D eigenvalue weighted by atomic mass is 9.46. The molecular weight excluding hydrogens is 434 g/mol. The van der Waals surface area contributed by atoms with Gasteiger partial charge in [0.15, 0.2) is 17.2 Å². The van der Waals surface area contributed by atoms with Gasteiger partial charge in [0, 0.05) is 35.4 Å². The molecule has 0 spiro atoms. The Morgan fingerprint density at radius 1 is 1.38 bits per heavy atom. The van der Waals surface area contributed by atoms with Gasteiger partial charge in [-0.05, 0) is 49.7 Å². The summed E-state index contributed by atoms with van der Waals surface area (Å²) in [6.45, 7) is 4.72. The van der Waals surface area contributed by atoms with Gasteiger partial charge in [-0.2, -0.15) is 5.06 Å². The van der Waals surface area contributed by atoms with E-state index in [1.54, 1.807) is 18.5 Å². The molecule has 4 fully saturated rings. The minimum atomic E-state index is -1.15. The van der Waals surface area contributed by atoms with Gasteiger partial charge in [0.2, 0.25) is 0 Å². The summed E-state index contributed by atoms with van der Waals surface area (Å²) in [6.07, 6.45) is 11.2. The Labute approximate surface area is 199 Å². The second-order valence-electron chi connectivity index (χ2n) is 11.4. The highest BCUT2D eigenvalue weighted by molar-refractivity contribution is 6.01. The zero-order valence-electron chi connectivity index (χ0n) is 19.7. The molecule has 3 saturated carbocycles. The van der Waals surface area contributed by atoms with E-state index in [-0.39, 0.29) is 40.7 Å². The number of ketones is 2. The highest BCUT2D eigenvalue weighted by Crippen LogP contribution is 2.70. The van der Waals surface area contributed by atoms with E-state index in [0.29, 0.717) is 19.5 Å².